The Kier molecular flexibility index (Phi) is 11.6. The number of aliphatic hydroxyl groups excluding tert-OH is 2. The van der Waals surface area contributed by atoms with E-state index in [2.05, 4.69) is 46.0 Å². The number of halogens is 1. The first-order valence-electron chi connectivity index (χ1n) is 10.2. The molecule has 4 rings (SSSR count). The highest BCUT2D eigenvalue weighted by Gasteiger charge is 2.13. The van der Waals surface area contributed by atoms with Crippen LogP contribution in [0.25, 0.3) is 22.8 Å². The van der Waals surface area contributed by atoms with Crippen molar-refractivity contribution >= 4 is 29.8 Å². The number of hydrogen-bond acceptors (Lipinski definition) is 13. The average Bonchev–Trinajstić information content (AvgIpc) is 3.63. The number of nitrogens with two attached hydrogens (primary N) is 1. The molecule has 0 aliphatic rings. The first-order valence-corrected chi connectivity index (χ1v) is 14.0. The zero-order valence-corrected chi connectivity index (χ0v) is 21.3. The minimum absolute atomic E-state index is 0.0189. The number of sulfonamides is 1. The molecule has 16 nitrogen and oxygen atoms in total. The smallest absolute Gasteiger partial charge is 0.261 e. The Morgan fingerprint density at radius 2 is 1.22 bits per heavy atom. The number of aromatic amines is 2. The van der Waals surface area contributed by atoms with Crippen LogP contribution in [-0.2, 0) is 19.1 Å². The number of hydrogen-bond donors (Lipinski definition) is 6. The maximum Gasteiger partial charge on any atom is 0.261 e. The summed E-state index contributed by atoms with van der Waals surface area (Å²) >= 11 is 0. The van der Waals surface area contributed by atoms with Gasteiger partial charge in [0.1, 0.15) is 0 Å². The lowest BCUT2D eigenvalue weighted by atomic mass is 10.2. The highest BCUT2D eigenvalue weighted by atomic mass is 35.7. The number of nitrogens with zero attached hydrogens (tertiary/aromatic N) is 6. The van der Waals surface area contributed by atoms with Crippen LogP contribution in [-0.4, -0.2) is 94.6 Å². The van der Waals surface area contributed by atoms with Crippen LogP contribution in [0.2, 0.25) is 0 Å². The Morgan fingerprint density at radius 3 is 1.54 bits per heavy atom. The third kappa shape index (κ3) is 9.53. The highest BCUT2D eigenvalue weighted by molar-refractivity contribution is 8.13. The van der Waals surface area contributed by atoms with Crippen molar-refractivity contribution in [2.24, 2.45) is 5.73 Å². The molecule has 0 saturated heterocycles. The van der Waals surface area contributed by atoms with E-state index in [0.29, 0.717) is 29.3 Å². The minimum atomic E-state index is -3.68. The molecule has 0 aliphatic carbocycles. The number of nitrogens with one attached hydrogen (secondary N) is 3. The van der Waals surface area contributed by atoms with Gasteiger partial charge in [-0.25, -0.2) is 21.6 Å². The lowest BCUT2D eigenvalue weighted by Gasteiger charge is -2.05. The first kappa shape index (κ1) is 29.8. The fourth-order valence-corrected chi connectivity index (χ4v) is 4.17. The van der Waals surface area contributed by atoms with Gasteiger partial charge in [-0.1, -0.05) is 0 Å². The van der Waals surface area contributed by atoms with Crippen molar-refractivity contribution in [2.45, 2.75) is 9.79 Å². The van der Waals surface area contributed by atoms with Gasteiger partial charge in [-0.2, -0.15) is 10.4 Å². The summed E-state index contributed by atoms with van der Waals surface area (Å²) in [5.74, 6) is 0.788. The molecule has 0 saturated carbocycles. The monoisotopic (exact) mass is 574 g/mol. The van der Waals surface area contributed by atoms with Gasteiger partial charge in [-0.05, 0) is 59.0 Å². The molecule has 0 fully saturated rings. The number of aromatic nitrogens is 8. The molecule has 0 radical (unpaired) electrons. The lowest BCUT2D eigenvalue weighted by Crippen LogP contribution is -2.26. The van der Waals surface area contributed by atoms with E-state index in [0.717, 1.165) is 0 Å². The predicted molar refractivity (Wildman–Crippen MR) is 131 cm³/mol. The SMILES string of the molecule is NCCO.O=S(=O)(Cl)c1ccc(-c2nn[nH]n2)cc1.O=S(=O)(NCCO)c1ccc(-c2nn[nH]n2)cc1. The second-order valence-corrected chi connectivity index (χ2v) is 10.9. The molecule has 2 aromatic carbocycles. The minimum Gasteiger partial charge on any atom is -0.395 e. The standard InChI is InChI=1S/C9H11N5O3S.C7H5ClN4O2S.C2H7NO/c15-6-5-10-18(16,17)8-3-1-7(2-4-8)9-11-13-14-12-9;8-15(13,14)6-3-1-5(2-4-6)7-9-11-12-10-7;3-1-2-4/h1-4,10,15H,5-6H2,(H,11,12,13,14);1-4H,(H,9,10,11,12);4H,1-3H2. The van der Waals surface area contributed by atoms with Crippen molar-refractivity contribution in [2.75, 3.05) is 26.3 Å². The van der Waals surface area contributed by atoms with Gasteiger partial charge in [-0.3, -0.25) is 0 Å². The third-order valence-corrected chi connectivity index (χ3v) is 6.89. The number of benzene rings is 2. The van der Waals surface area contributed by atoms with Crippen molar-refractivity contribution in [1.29, 1.82) is 0 Å². The van der Waals surface area contributed by atoms with E-state index in [1.54, 1.807) is 24.3 Å². The van der Waals surface area contributed by atoms with E-state index >= 15 is 0 Å². The maximum atomic E-state index is 11.7. The number of aliphatic hydroxyl groups is 2. The Morgan fingerprint density at radius 1 is 0.784 bits per heavy atom. The van der Waals surface area contributed by atoms with Gasteiger partial charge in [0.05, 0.1) is 23.0 Å². The molecule has 7 N–H and O–H groups in total. The van der Waals surface area contributed by atoms with Crippen LogP contribution in [0.5, 0.6) is 0 Å². The van der Waals surface area contributed by atoms with Crippen LogP contribution in [0.4, 0.5) is 0 Å². The second kappa shape index (κ2) is 14.4. The quantitative estimate of drug-likeness (QED) is 0.136. The Hall–Kier alpha value is -3.39. The average molecular weight is 575 g/mol. The highest BCUT2D eigenvalue weighted by Crippen LogP contribution is 2.19. The van der Waals surface area contributed by atoms with Gasteiger partial charge in [0.25, 0.3) is 9.05 Å². The zero-order valence-electron chi connectivity index (χ0n) is 18.9. The summed E-state index contributed by atoms with van der Waals surface area (Å²) in [5, 5.41) is 42.8. The molecule has 0 unspecified atom stereocenters. The predicted octanol–water partition coefficient (Wildman–Crippen LogP) is -1.13. The molecule has 4 aromatic rings. The third-order valence-electron chi connectivity index (χ3n) is 4.04. The van der Waals surface area contributed by atoms with Crippen LogP contribution < -0.4 is 10.5 Å². The van der Waals surface area contributed by atoms with Crippen molar-refractivity contribution < 1.29 is 27.0 Å². The topological polar surface area (TPSA) is 256 Å². The molecule has 0 bridgehead atoms. The largest absolute Gasteiger partial charge is 0.395 e. The zero-order chi connectivity index (χ0) is 27.3. The Labute approximate surface area is 215 Å². The Balaban J connectivity index is 0.000000230. The molecular weight excluding hydrogens is 552 g/mol. The van der Waals surface area contributed by atoms with Gasteiger partial charge >= 0.3 is 0 Å². The molecule has 0 amide bonds. The van der Waals surface area contributed by atoms with Crippen molar-refractivity contribution in [1.82, 2.24) is 46.0 Å². The normalized spacial score (nSPS) is 11.1. The van der Waals surface area contributed by atoms with E-state index in [1.807, 2.05) is 0 Å². The van der Waals surface area contributed by atoms with E-state index in [9.17, 15) is 16.8 Å². The molecule has 2 heterocycles. The van der Waals surface area contributed by atoms with Gasteiger partial charge in [-0.15, -0.1) is 20.4 Å². The Bertz CT molecular complexity index is 1400. The number of tetrazole rings is 2. The molecule has 37 heavy (non-hydrogen) atoms. The summed E-state index contributed by atoms with van der Waals surface area (Å²) in [4.78, 5) is 0.152. The second-order valence-electron chi connectivity index (χ2n) is 6.59. The maximum absolute atomic E-state index is 11.7. The summed E-state index contributed by atoms with van der Waals surface area (Å²) in [5.41, 5.74) is 6.10. The number of rotatable bonds is 8. The van der Waals surface area contributed by atoms with Gasteiger partial charge in [0, 0.05) is 34.9 Å². The van der Waals surface area contributed by atoms with E-state index in [1.165, 1.54) is 24.3 Å². The fourth-order valence-electron chi connectivity index (χ4n) is 2.38. The van der Waals surface area contributed by atoms with E-state index in [4.69, 9.17) is 26.6 Å². The molecule has 0 spiro atoms. The molecular formula is C18H23ClN10O6S2. The molecule has 2 aromatic heterocycles. The van der Waals surface area contributed by atoms with Gasteiger partial charge < -0.3 is 15.9 Å². The summed E-state index contributed by atoms with van der Waals surface area (Å²) in [7, 11) is -2.10. The summed E-state index contributed by atoms with van der Waals surface area (Å²) in [6.45, 7) is 0.203. The van der Waals surface area contributed by atoms with Crippen LogP contribution in [0.15, 0.2) is 58.3 Å². The lowest BCUT2D eigenvalue weighted by molar-refractivity contribution is 0.301. The molecule has 0 aliphatic heterocycles. The summed E-state index contributed by atoms with van der Waals surface area (Å²) in [6, 6.07) is 11.9. The van der Waals surface area contributed by atoms with E-state index < -0.39 is 19.1 Å². The van der Waals surface area contributed by atoms with Gasteiger partial charge in [0.2, 0.25) is 21.7 Å². The first-order chi connectivity index (χ1) is 17.6. The van der Waals surface area contributed by atoms with Crippen LogP contribution in [0.1, 0.15) is 0 Å². The van der Waals surface area contributed by atoms with E-state index in [-0.39, 0.29) is 29.5 Å². The van der Waals surface area contributed by atoms with Gasteiger partial charge in [0.15, 0.2) is 0 Å². The fraction of sp³-hybridized carbons (Fsp3) is 0.222. The van der Waals surface area contributed by atoms with Crippen molar-refractivity contribution in [3.05, 3.63) is 48.5 Å². The summed E-state index contributed by atoms with van der Waals surface area (Å²) in [6.07, 6.45) is 0. The van der Waals surface area contributed by atoms with Crippen LogP contribution in [0.3, 0.4) is 0 Å². The summed E-state index contributed by atoms with van der Waals surface area (Å²) < 4.78 is 47.6. The van der Waals surface area contributed by atoms with Crippen molar-refractivity contribution in [3.8, 4) is 22.8 Å². The number of H-pyrrole nitrogens is 2. The molecule has 0 atom stereocenters. The van der Waals surface area contributed by atoms with Crippen LogP contribution >= 0.6 is 10.7 Å². The van der Waals surface area contributed by atoms with Crippen molar-refractivity contribution in [3.63, 3.8) is 0 Å². The molecule has 19 heteroatoms. The molecule has 200 valence electrons. The van der Waals surface area contributed by atoms with Crippen LogP contribution in [0, 0.1) is 0 Å².